The molecule has 0 unspecified atom stereocenters. The number of aryl methyl sites for hydroxylation is 1. The van der Waals surface area contributed by atoms with Crippen LogP contribution in [0, 0.1) is 11.7 Å². The summed E-state index contributed by atoms with van der Waals surface area (Å²) in [5.74, 6) is 0.898. The van der Waals surface area contributed by atoms with Crippen molar-refractivity contribution in [3.05, 3.63) is 33.0 Å². The number of aromatic amines is 1. The van der Waals surface area contributed by atoms with Crippen molar-refractivity contribution in [2.75, 3.05) is 5.73 Å². The molecule has 0 saturated heterocycles. The van der Waals surface area contributed by atoms with Crippen molar-refractivity contribution >= 4 is 34.1 Å². The fraction of sp³-hybridized carbons (Fsp3) is 0.100. The standard InChI is InChI=1S/C10H9BrN4S/c1-5-2-6(4-7(11)3-5)8-13-9(12)15-10(16)14-8/h2-4H,1H3,(H3,12,13,14,15,16). The molecule has 0 atom stereocenters. The molecule has 1 aromatic carbocycles. The lowest BCUT2D eigenvalue weighted by atomic mass is 10.1. The number of aromatic nitrogens is 3. The van der Waals surface area contributed by atoms with Crippen molar-refractivity contribution in [1.82, 2.24) is 15.0 Å². The van der Waals surface area contributed by atoms with Crippen molar-refractivity contribution < 1.29 is 0 Å². The fourth-order valence-electron chi connectivity index (χ4n) is 1.41. The molecule has 6 heteroatoms. The highest BCUT2D eigenvalue weighted by Gasteiger charge is 2.03. The maximum Gasteiger partial charge on any atom is 0.224 e. The number of benzene rings is 1. The van der Waals surface area contributed by atoms with Crippen molar-refractivity contribution in [1.29, 1.82) is 0 Å². The second kappa shape index (κ2) is 4.31. The van der Waals surface area contributed by atoms with Gasteiger partial charge in [0, 0.05) is 10.0 Å². The van der Waals surface area contributed by atoms with Crippen LogP contribution in [-0.2, 0) is 0 Å². The summed E-state index contributed by atoms with van der Waals surface area (Å²) in [5, 5.41) is 0. The monoisotopic (exact) mass is 296 g/mol. The number of nitrogens with zero attached hydrogens (tertiary/aromatic N) is 2. The molecule has 82 valence electrons. The largest absolute Gasteiger partial charge is 0.369 e. The summed E-state index contributed by atoms with van der Waals surface area (Å²) in [6, 6.07) is 5.96. The molecule has 0 aliphatic rings. The van der Waals surface area contributed by atoms with E-state index in [-0.39, 0.29) is 10.7 Å². The van der Waals surface area contributed by atoms with Crippen LogP contribution >= 0.6 is 28.1 Å². The zero-order valence-electron chi connectivity index (χ0n) is 8.49. The topological polar surface area (TPSA) is 67.6 Å². The van der Waals surface area contributed by atoms with Crippen LogP contribution in [0.5, 0.6) is 0 Å². The van der Waals surface area contributed by atoms with Crippen LogP contribution in [0.15, 0.2) is 22.7 Å². The number of hydrogen-bond donors (Lipinski definition) is 2. The SMILES string of the molecule is Cc1cc(Br)cc(-c2nc(=S)nc(N)[nH]2)c1. The zero-order valence-corrected chi connectivity index (χ0v) is 10.9. The first-order valence-electron chi connectivity index (χ1n) is 4.56. The molecule has 0 bridgehead atoms. The average Bonchev–Trinajstić information content (AvgIpc) is 2.14. The lowest BCUT2D eigenvalue weighted by Gasteiger charge is -2.04. The zero-order chi connectivity index (χ0) is 11.7. The van der Waals surface area contributed by atoms with Gasteiger partial charge in [-0.15, -0.1) is 0 Å². The third-order valence-corrected chi connectivity index (χ3v) is 2.63. The van der Waals surface area contributed by atoms with Gasteiger partial charge in [0.25, 0.3) is 0 Å². The van der Waals surface area contributed by atoms with E-state index >= 15 is 0 Å². The number of nitrogens with one attached hydrogen (secondary N) is 1. The number of H-pyrrole nitrogens is 1. The molecule has 0 radical (unpaired) electrons. The van der Waals surface area contributed by atoms with Crippen LogP contribution in [0.2, 0.25) is 0 Å². The van der Waals surface area contributed by atoms with Crippen LogP contribution in [0.3, 0.4) is 0 Å². The van der Waals surface area contributed by atoms with Crippen LogP contribution in [0.1, 0.15) is 5.56 Å². The minimum atomic E-state index is 0.240. The molecule has 0 spiro atoms. The van der Waals surface area contributed by atoms with Gasteiger partial charge in [0.15, 0.2) is 0 Å². The third kappa shape index (κ3) is 2.45. The Morgan fingerprint density at radius 3 is 2.69 bits per heavy atom. The molecule has 1 aromatic heterocycles. The summed E-state index contributed by atoms with van der Waals surface area (Å²) in [5.41, 5.74) is 7.64. The molecule has 3 N–H and O–H groups in total. The van der Waals surface area contributed by atoms with E-state index in [2.05, 4.69) is 30.9 Å². The van der Waals surface area contributed by atoms with E-state index in [4.69, 9.17) is 18.0 Å². The number of halogens is 1. The first-order chi connectivity index (χ1) is 7.54. The Kier molecular flexibility index (Phi) is 3.02. The first kappa shape index (κ1) is 11.2. The highest BCUT2D eigenvalue weighted by Crippen LogP contribution is 2.22. The average molecular weight is 297 g/mol. The number of rotatable bonds is 1. The summed E-state index contributed by atoms with van der Waals surface area (Å²) in [4.78, 5) is 10.8. The van der Waals surface area contributed by atoms with E-state index in [1.165, 1.54) is 0 Å². The Morgan fingerprint density at radius 2 is 2.06 bits per heavy atom. The number of nitrogens with two attached hydrogens (primary N) is 1. The van der Waals surface area contributed by atoms with Gasteiger partial charge in [-0.25, -0.2) is 4.98 Å². The lowest BCUT2D eigenvalue weighted by molar-refractivity contribution is 1.05. The van der Waals surface area contributed by atoms with E-state index < -0.39 is 0 Å². The molecule has 0 aliphatic carbocycles. The van der Waals surface area contributed by atoms with Crippen molar-refractivity contribution in [3.8, 4) is 11.4 Å². The fourth-order valence-corrected chi connectivity index (χ4v) is 2.21. The molecule has 4 nitrogen and oxygen atoms in total. The van der Waals surface area contributed by atoms with Crippen LogP contribution in [0.4, 0.5) is 5.95 Å². The van der Waals surface area contributed by atoms with Gasteiger partial charge in [0.2, 0.25) is 10.7 Å². The predicted octanol–water partition coefficient (Wildman–Crippen LogP) is 2.85. The van der Waals surface area contributed by atoms with E-state index in [9.17, 15) is 0 Å². The summed E-state index contributed by atoms with van der Waals surface area (Å²) in [6.07, 6.45) is 0. The second-order valence-electron chi connectivity index (χ2n) is 3.38. The highest BCUT2D eigenvalue weighted by molar-refractivity contribution is 9.10. The van der Waals surface area contributed by atoms with Gasteiger partial charge in [0.1, 0.15) is 5.82 Å². The van der Waals surface area contributed by atoms with Gasteiger partial charge >= 0.3 is 0 Å². The molecule has 0 saturated carbocycles. The molecule has 2 aromatic rings. The van der Waals surface area contributed by atoms with Crippen molar-refractivity contribution in [2.24, 2.45) is 0 Å². The lowest BCUT2D eigenvalue weighted by Crippen LogP contribution is -1.99. The quantitative estimate of drug-likeness (QED) is 0.794. The van der Waals surface area contributed by atoms with E-state index in [0.29, 0.717) is 5.82 Å². The van der Waals surface area contributed by atoms with Gasteiger partial charge in [0.05, 0.1) is 0 Å². The molecule has 0 aliphatic heterocycles. The van der Waals surface area contributed by atoms with Crippen molar-refractivity contribution in [3.63, 3.8) is 0 Å². The Hall–Kier alpha value is -1.27. The van der Waals surface area contributed by atoms with Crippen LogP contribution < -0.4 is 5.73 Å². The number of nitrogen functional groups attached to an aromatic ring is 1. The summed E-state index contributed by atoms with van der Waals surface area (Å²) in [7, 11) is 0. The minimum Gasteiger partial charge on any atom is -0.369 e. The second-order valence-corrected chi connectivity index (χ2v) is 4.66. The van der Waals surface area contributed by atoms with Gasteiger partial charge < -0.3 is 10.7 Å². The summed E-state index contributed by atoms with van der Waals surface area (Å²) >= 11 is 8.35. The Balaban J connectivity index is 2.62. The molecule has 1 heterocycles. The Bertz CT molecular complexity index is 573. The molecule has 16 heavy (non-hydrogen) atoms. The minimum absolute atomic E-state index is 0.240. The molecular weight excluding hydrogens is 288 g/mol. The smallest absolute Gasteiger partial charge is 0.224 e. The van der Waals surface area contributed by atoms with Crippen LogP contribution in [0.25, 0.3) is 11.4 Å². The van der Waals surface area contributed by atoms with Gasteiger partial charge in [-0.05, 0) is 42.9 Å². The first-order valence-corrected chi connectivity index (χ1v) is 5.76. The normalized spacial score (nSPS) is 10.4. The Labute approximate surface area is 106 Å². The number of anilines is 1. The Morgan fingerprint density at radius 1 is 1.31 bits per heavy atom. The van der Waals surface area contributed by atoms with Gasteiger partial charge in [-0.2, -0.15) is 4.98 Å². The molecule has 0 amide bonds. The van der Waals surface area contributed by atoms with E-state index in [0.717, 1.165) is 15.6 Å². The maximum absolute atomic E-state index is 5.59. The predicted molar refractivity (Wildman–Crippen MR) is 69.5 cm³/mol. The molecule has 2 rings (SSSR count). The van der Waals surface area contributed by atoms with E-state index in [1.54, 1.807) is 0 Å². The maximum atomic E-state index is 5.59. The summed E-state index contributed by atoms with van der Waals surface area (Å²) < 4.78 is 1.22. The van der Waals surface area contributed by atoms with Gasteiger partial charge in [-0.1, -0.05) is 15.9 Å². The highest BCUT2D eigenvalue weighted by atomic mass is 79.9. The molecule has 0 fully saturated rings. The third-order valence-electron chi connectivity index (χ3n) is 1.99. The molecular formula is C10H9BrN4S. The summed E-state index contributed by atoms with van der Waals surface area (Å²) in [6.45, 7) is 2.01. The number of hydrogen-bond acceptors (Lipinski definition) is 4. The van der Waals surface area contributed by atoms with Crippen LogP contribution in [-0.4, -0.2) is 15.0 Å². The van der Waals surface area contributed by atoms with E-state index in [1.807, 2.05) is 25.1 Å². The van der Waals surface area contributed by atoms with Crippen molar-refractivity contribution in [2.45, 2.75) is 6.92 Å². The van der Waals surface area contributed by atoms with Gasteiger partial charge in [-0.3, -0.25) is 0 Å².